The molecular formula is C10H13NS. The van der Waals surface area contributed by atoms with Crippen molar-refractivity contribution in [3.05, 3.63) is 21.7 Å². The number of rotatable bonds is 2. The van der Waals surface area contributed by atoms with Gasteiger partial charge >= 0.3 is 0 Å². The Labute approximate surface area is 77.2 Å². The van der Waals surface area contributed by atoms with Crippen LogP contribution in [0.1, 0.15) is 35.3 Å². The summed E-state index contributed by atoms with van der Waals surface area (Å²) in [4.78, 5) is 6.06. The summed E-state index contributed by atoms with van der Waals surface area (Å²) >= 11 is 1.90. The highest BCUT2D eigenvalue weighted by Crippen LogP contribution is 2.25. The fraction of sp³-hybridized carbons (Fsp3) is 0.500. The standard InChI is InChI=1S/C10H13NS/c1-2-5-10-11-8-6-3-4-7-9(8)12-10/h3,6H,2,4-5,7H2,1H3. The van der Waals surface area contributed by atoms with E-state index in [2.05, 4.69) is 24.1 Å². The Kier molecular flexibility index (Phi) is 2.26. The zero-order chi connectivity index (χ0) is 8.39. The predicted octanol–water partition coefficient (Wildman–Crippen LogP) is 3.06. The second-order valence-electron chi connectivity index (χ2n) is 3.11. The molecule has 2 rings (SSSR count). The molecule has 0 N–H and O–H groups in total. The second-order valence-corrected chi connectivity index (χ2v) is 4.28. The summed E-state index contributed by atoms with van der Waals surface area (Å²) in [6.07, 6.45) is 9.13. The van der Waals surface area contributed by atoms with Crippen molar-refractivity contribution in [1.29, 1.82) is 0 Å². The molecule has 0 saturated heterocycles. The van der Waals surface area contributed by atoms with Gasteiger partial charge < -0.3 is 0 Å². The van der Waals surface area contributed by atoms with E-state index in [1.54, 1.807) is 0 Å². The van der Waals surface area contributed by atoms with Gasteiger partial charge in [-0.2, -0.15) is 0 Å². The van der Waals surface area contributed by atoms with Gasteiger partial charge in [0.15, 0.2) is 0 Å². The smallest absolute Gasteiger partial charge is 0.0935 e. The first-order valence-corrected chi connectivity index (χ1v) is 5.37. The number of hydrogen-bond acceptors (Lipinski definition) is 2. The van der Waals surface area contributed by atoms with Crippen molar-refractivity contribution in [2.45, 2.75) is 32.6 Å². The Morgan fingerprint density at radius 3 is 3.25 bits per heavy atom. The Morgan fingerprint density at radius 2 is 2.50 bits per heavy atom. The van der Waals surface area contributed by atoms with Gasteiger partial charge in [-0.3, -0.25) is 0 Å². The van der Waals surface area contributed by atoms with Crippen molar-refractivity contribution in [3.63, 3.8) is 0 Å². The Balaban J connectivity index is 2.27. The average molecular weight is 179 g/mol. The van der Waals surface area contributed by atoms with Gasteiger partial charge in [-0.05, 0) is 31.8 Å². The molecule has 1 aromatic heterocycles. The minimum Gasteiger partial charge on any atom is -0.242 e. The zero-order valence-electron chi connectivity index (χ0n) is 7.34. The summed E-state index contributed by atoms with van der Waals surface area (Å²) < 4.78 is 0. The lowest BCUT2D eigenvalue weighted by atomic mass is 10.1. The number of hydrogen-bond donors (Lipinski definition) is 0. The monoisotopic (exact) mass is 179 g/mol. The molecule has 0 amide bonds. The number of allylic oxidation sites excluding steroid dienone is 1. The Bertz CT molecular complexity index is 299. The summed E-state index contributed by atoms with van der Waals surface area (Å²) in [5.74, 6) is 0. The molecule has 0 aromatic carbocycles. The SMILES string of the molecule is CCCc1nc2c(s1)CCC=C2. The van der Waals surface area contributed by atoms with Crippen molar-refractivity contribution >= 4 is 17.4 Å². The molecule has 12 heavy (non-hydrogen) atoms. The van der Waals surface area contributed by atoms with E-state index >= 15 is 0 Å². The quantitative estimate of drug-likeness (QED) is 0.680. The van der Waals surface area contributed by atoms with Crippen LogP contribution in [0.2, 0.25) is 0 Å². The number of aryl methyl sites for hydroxylation is 2. The van der Waals surface area contributed by atoms with Crippen molar-refractivity contribution in [3.8, 4) is 0 Å². The van der Waals surface area contributed by atoms with Crippen LogP contribution in [0.25, 0.3) is 6.08 Å². The van der Waals surface area contributed by atoms with E-state index in [0.717, 1.165) is 6.42 Å². The minimum absolute atomic E-state index is 1.14. The molecule has 1 aliphatic rings. The molecule has 0 saturated carbocycles. The van der Waals surface area contributed by atoms with Crippen molar-refractivity contribution in [1.82, 2.24) is 4.98 Å². The highest BCUT2D eigenvalue weighted by atomic mass is 32.1. The molecule has 1 heterocycles. The molecule has 1 nitrogen and oxygen atoms in total. The lowest BCUT2D eigenvalue weighted by Crippen LogP contribution is -1.88. The van der Waals surface area contributed by atoms with Crippen LogP contribution in [0.4, 0.5) is 0 Å². The third-order valence-electron chi connectivity index (χ3n) is 2.05. The van der Waals surface area contributed by atoms with Crippen LogP contribution in [-0.4, -0.2) is 4.98 Å². The first-order chi connectivity index (χ1) is 5.90. The highest BCUT2D eigenvalue weighted by molar-refractivity contribution is 7.11. The molecule has 0 bridgehead atoms. The van der Waals surface area contributed by atoms with Crippen molar-refractivity contribution in [2.75, 3.05) is 0 Å². The maximum absolute atomic E-state index is 4.57. The first-order valence-electron chi connectivity index (χ1n) is 4.55. The van der Waals surface area contributed by atoms with E-state index in [0.29, 0.717) is 0 Å². The summed E-state index contributed by atoms with van der Waals surface area (Å²) in [5, 5.41) is 1.31. The van der Waals surface area contributed by atoms with Crippen LogP contribution < -0.4 is 0 Å². The molecule has 0 fully saturated rings. The molecule has 0 atom stereocenters. The van der Waals surface area contributed by atoms with Gasteiger partial charge in [0.1, 0.15) is 0 Å². The molecule has 1 aromatic rings. The van der Waals surface area contributed by atoms with E-state index < -0.39 is 0 Å². The Hall–Kier alpha value is -0.630. The fourth-order valence-corrected chi connectivity index (χ4v) is 2.63. The van der Waals surface area contributed by atoms with Gasteiger partial charge in [0.25, 0.3) is 0 Å². The maximum Gasteiger partial charge on any atom is 0.0935 e. The van der Waals surface area contributed by atoms with Crippen LogP contribution in [0, 0.1) is 0 Å². The van der Waals surface area contributed by atoms with Crippen molar-refractivity contribution < 1.29 is 0 Å². The van der Waals surface area contributed by atoms with Crippen LogP contribution in [0.5, 0.6) is 0 Å². The number of aromatic nitrogens is 1. The molecule has 0 aliphatic heterocycles. The predicted molar refractivity (Wildman–Crippen MR) is 53.5 cm³/mol. The molecule has 0 spiro atoms. The lowest BCUT2D eigenvalue weighted by Gasteiger charge is -1.99. The summed E-state index contributed by atoms with van der Waals surface area (Å²) in [7, 11) is 0. The van der Waals surface area contributed by atoms with E-state index in [9.17, 15) is 0 Å². The van der Waals surface area contributed by atoms with Gasteiger partial charge in [0.2, 0.25) is 0 Å². The Morgan fingerprint density at radius 1 is 1.58 bits per heavy atom. The summed E-state index contributed by atoms with van der Waals surface area (Å²) in [5.41, 5.74) is 1.23. The molecule has 64 valence electrons. The van der Waals surface area contributed by atoms with E-state index in [4.69, 9.17) is 0 Å². The van der Waals surface area contributed by atoms with Crippen molar-refractivity contribution in [2.24, 2.45) is 0 Å². The zero-order valence-corrected chi connectivity index (χ0v) is 8.16. The second kappa shape index (κ2) is 3.40. The largest absolute Gasteiger partial charge is 0.242 e. The number of nitrogens with zero attached hydrogens (tertiary/aromatic N) is 1. The van der Waals surface area contributed by atoms with Gasteiger partial charge in [-0.1, -0.05) is 13.0 Å². The van der Waals surface area contributed by atoms with E-state index in [1.165, 1.54) is 34.8 Å². The highest BCUT2D eigenvalue weighted by Gasteiger charge is 2.10. The van der Waals surface area contributed by atoms with Crippen LogP contribution in [-0.2, 0) is 12.8 Å². The van der Waals surface area contributed by atoms with Gasteiger partial charge in [-0.25, -0.2) is 4.98 Å². The van der Waals surface area contributed by atoms with Crippen LogP contribution in [0.15, 0.2) is 6.08 Å². The fourth-order valence-electron chi connectivity index (χ4n) is 1.45. The summed E-state index contributed by atoms with van der Waals surface area (Å²) in [6.45, 7) is 2.20. The third-order valence-corrected chi connectivity index (χ3v) is 3.24. The number of thiazole rings is 1. The number of fused-ring (bicyclic) bond motifs is 1. The molecule has 0 radical (unpaired) electrons. The van der Waals surface area contributed by atoms with Gasteiger partial charge in [-0.15, -0.1) is 11.3 Å². The van der Waals surface area contributed by atoms with Crippen LogP contribution >= 0.6 is 11.3 Å². The molecule has 0 unspecified atom stereocenters. The summed E-state index contributed by atoms with van der Waals surface area (Å²) in [6, 6.07) is 0. The topological polar surface area (TPSA) is 12.9 Å². The maximum atomic E-state index is 4.57. The first kappa shape index (κ1) is 7.99. The third kappa shape index (κ3) is 1.44. The average Bonchev–Trinajstić information content (AvgIpc) is 2.47. The van der Waals surface area contributed by atoms with Gasteiger partial charge in [0.05, 0.1) is 10.7 Å². The van der Waals surface area contributed by atoms with E-state index in [1.807, 2.05) is 11.3 Å². The van der Waals surface area contributed by atoms with Crippen LogP contribution in [0.3, 0.4) is 0 Å². The van der Waals surface area contributed by atoms with Gasteiger partial charge in [0, 0.05) is 4.88 Å². The lowest BCUT2D eigenvalue weighted by molar-refractivity contribution is 0.905. The molecule has 1 aliphatic carbocycles. The normalized spacial score (nSPS) is 14.8. The molecular weight excluding hydrogens is 166 g/mol. The minimum atomic E-state index is 1.14. The molecule has 2 heteroatoms. The van der Waals surface area contributed by atoms with E-state index in [-0.39, 0.29) is 0 Å².